The topological polar surface area (TPSA) is 50.3 Å². The van der Waals surface area contributed by atoms with Crippen LogP contribution in [0, 0.1) is 5.92 Å². The predicted molar refractivity (Wildman–Crippen MR) is 91.5 cm³/mol. The minimum atomic E-state index is 0.333. The molecule has 1 saturated heterocycles. The van der Waals surface area contributed by atoms with Crippen molar-refractivity contribution < 1.29 is 4.74 Å². The average Bonchev–Trinajstić information content (AvgIpc) is 3.24. The van der Waals surface area contributed by atoms with Crippen molar-refractivity contribution in [2.75, 3.05) is 25.0 Å². The van der Waals surface area contributed by atoms with Crippen molar-refractivity contribution in [3.8, 4) is 0 Å². The van der Waals surface area contributed by atoms with Gasteiger partial charge in [0.05, 0.1) is 12.7 Å². The second-order valence-corrected chi connectivity index (χ2v) is 7.28. The monoisotopic (exact) mass is 330 g/mol. The average molecular weight is 330 g/mol. The molecule has 0 radical (unpaired) electrons. The molecule has 2 aliphatic rings. The van der Waals surface area contributed by atoms with Crippen molar-refractivity contribution in [3.05, 3.63) is 40.8 Å². The summed E-state index contributed by atoms with van der Waals surface area (Å²) in [5, 5.41) is 5.52. The second-order valence-electron chi connectivity index (χ2n) is 6.24. The number of hydrogen-bond donors (Lipinski definition) is 1. The third kappa shape index (κ3) is 3.39. The Morgan fingerprint density at radius 2 is 2.17 bits per heavy atom. The molecule has 1 aliphatic carbocycles. The lowest BCUT2D eigenvalue weighted by atomic mass is 10.0. The molecule has 6 heteroatoms. The highest BCUT2D eigenvalue weighted by Gasteiger charge is 2.42. The van der Waals surface area contributed by atoms with E-state index in [1.54, 1.807) is 12.4 Å². The highest BCUT2D eigenvalue weighted by Crippen LogP contribution is 2.35. The van der Waals surface area contributed by atoms with E-state index in [0.29, 0.717) is 24.0 Å². The number of ether oxygens (including phenoxy) is 1. The number of nitrogens with zero attached hydrogens (tertiary/aromatic N) is 3. The van der Waals surface area contributed by atoms with Gasteiger partial charge in [-0.2, -0.15) is 0 Å². The molecule has 0 aromatic carbocycles. The van der Waals surface area contributed by atoms with E-state index in [0.717, 1.165) is 26.2 Å². The summed E-state index contributed by atoms with van der Waals surface area (Å²) in [6.45, 7) is 3.83. The van der Waals surface area contributed by atoms with Crippen molar-refractivity contribution in [1.29, 1.82) is 0 Å². The molecule has 1 saturated carbocycles. The number of thiophene rings is 1. The van der Waals surface area contributed by atoms with Crippen LogP contribution in [0.2, 0.25) is 0 Å². The summed E-state index contributed by atoms with van der Waals surface area (Å²) in [6, 6.07) is 6.76. The zero-order valence-electron chi connectivity index (χ0n) is 13.1. The van der Waals surface area contributed by atoms with Crippen LogP contribution in [0.5, 0.6) is 0 Å². The van der Waals surface area contributed by atoms with E-state index in [1.807, 2.05) is 17.4 Å². The number of anilines is 1. The first-order valence-electron chi connectivity index (χ1n) is 8.29. The van der Waals surface area contributed by atoms with Crippen LogP contribution in [0.15, 0.2) is 36.0 Å². The molecule has 5 nitrogen and oxygen atoms in total. The van der Waals surface area contributed by atoms with Gasteiger partial charge in [-0.05, 0) is 30.4 Å². The van der Waals surface area contributed by atoms with Gasteiger partial charge < -0.3 is 10.1 Å². The lowest BCUT2D eigenvalue weighted by Gasteiger charge is -2.39. The molecule has 2 fully saturated rings. The fourth-order valence-electron chi connectivity index (χ4n) is 3.77. The van der Waals surface area contributed by atoms with Gasteiger partial charge in [0.25, 0.3) is 0 Å². The van der Waals surface area contributed by atoms with Crippen LogP contribution < -0.4 is 5.32 Å². The maximum Gasteiger partial charge on any atom is 0.222 e. The fraction of sp³-hybridized carbons (Fsp3) is 0.529. The molecule has 0 amide bonds. The highest BCUT2D eigenvalue weighted by atomic mass is 32.1. The molecular weight excluding hydrogens is 308 g/mol. The van der Waals surface area contributed by atoms with Gasteiger partial charge in [0.2, 0.25) is 5.95 Å². The summed E-state index contributed by atoms with van der Waals surface area (Å²) in [5.41, 5.74) is 0. The molecule has 3 heterocycles. The molecule has 4 rings (SSSR count). The molecule has 2 aromatic heterocycles. The molecule has 1 aliphatic heterocycles. The molecular formula is C17H22N4OS. The molecule has 1 N–H and O–H groups in total. The second kappa shape index (κ2) is 6.95. The Morgan fingerprint density at radius 3 is 3.00 bits per heavy atom. The smallest absolute Gasteiger partial charge is 0.222 e. The number of hydrogen-bond acceptors (Lipinski definition) is 6. The molecule has 3 atom stereocenters. The van der Waals surface area contributed by atoms with Crippen molar-refractivity contribution >= 4 is 17.3 Å². The lowest BCUT2D eigenvalue weighted by Crippen LogP contribution is -2.50. The van der Waals surface area contributed by atoms with Gasteiger partial charge in [0.1, 0.15) is 0 Å². The SMILES string of the molecule is c1cnc(NC[C@@H]2CC[C@H]3[C@H]2OCCN3Cc2cccs2)nc1. The lowest BCUT2D eigenvalue weighted by molar-refractivity contribution is -0.0742. The Morgan fingerprint density at radius 1 is 1.26 bits per heavy atom. The van der Waals surface area contributed by atoms with Crippen LogP contribution in [-0.2, 0) is 11.3 Å². The van der Waals surface area contributed by atoms with Gasteiger partial charge in [-0.25, -0.2) is 9.97 Å². The van der Waals surface area contributed by atoms with Gasteiger partial charge in [-0.1, -0.05) is 6.07 Å². The Hall–Kier alpha value is -1.50. The molecule has 122 valence electrons. The van der Waals surface area contributed by atoms with Crippen LogP contribution >= 0.6 is 11.3 Å². The maximum atomic E-state index is 6.13. The fourth-order valence-corrected chi connectivity index (χ4v) is 4.50. The van der Waals surface area contributed by atoms with E-state index in [-0.39, 0.29) is 0 Å². The van der Waals surface area contributed by atoms with Crippen molar-refractivity contribution in [2.45, 2.75) is 31.5 Å². The van der Waals surface area contributed by atoms with E-state index in [4.69, 9.17) is 4.74 Å². The first-order valence-corrected chi connectivity index (χ1v) is 9.17. The molecule has 23 heavy (non-hydrogen) atoms. The van der Waals surface area contributed by atoms with Gasteiger partial charge in [-0.15, -0.1) is 11.3 Å². The molecule has 0 bridgehead atoms. The molecule has 2 aromatic rings. The normalized spacial score (nSPS) is 27.7. The number of fused-ring (bicyclic) bond motifs is 1. The summed E-state index contributed by atoms with van der Waals surface area (Å²) >= 11 is 1.85. The van der Waals surface area contributed by atoms with Crippen molar-refractivity contribution in [3.63, 3.8) is 0 Å². The van der Waals surface area contributed by atoms with Crippen LogP contribution in [0.4, 0.5) is 5.95 Å². The van der Waals surface area contributed by atoms with E-state index >= 15 is 0 Å². The first-order chi connectivity index (χ1) is 11.4. The van der Waals surface area contributed by atoms with E-state index in [1.165, 1.54) is 17.7 Å². The number of rotatable bonds is 5. The van der Waals surface area contributed by atoms with E-state index in [2.05, 4.69) is 37.7 Å². The number of aromatic nitrogens is 2. The first kappa shape index (κ1) is 15.1. The summed E-state index contributed by atoms with van der Waals surface area (Å²) in [4.78, 5) is 12.5. The van der Waals surface area contributed by atoms with E-state index < -0.39 is 0 Å². The summed E-state index contributed by atoms with van der Waals surface area (Å²) in [6.07, 6.45) is 6.30. The van der Waals surface area contributed by atoms with Crippen molar-refractivity contribution in [1.82, 2.24) is 14.9 Å². The zero-order chi connectivity index (χ0) is 15.5. The van der Waals surface area contributed by atoms with Crippen LogP contribution in [0.1, 0.15) is 17.7 Å². The number of morpholine rings is 1. The number of nitrogens with one attached hydrogen (secondary N) is 1. The standard InChI is InChI=1S/C17H22N4OS/c1-3-14(23-10-1)12-21-8-9-22-16-13(4-5-15(16)21)11-20-17-18-6-2-7-19-17/h1-3,6-7,10,13,15-16H,4-5,8-9,11-12H2,(H,18,19,20)/t13-,15-,16-/m0/s1. The molecule has 0 unspecified atom stereocenters. The third-order valence-electron chi connectivity index (χ3n) is 4.86. The zero-order valence-corrected chi connectivity index (χ0v) is 13.9. The summed E-state index contributed by atoms with van der Waals surface area (Å²) < 4.78 is 6.13. The summed E-state index contributed by atoms with van der Waals surface area (Å²) in [7, 11) is 0. The molecule has 0 spiro atoms. The third-order valence-corrected chi connectivity index (χ3v) is 5.72. The van der Waals surface area contributed by atoms with Crippen LogP contribution in [0.3, 0.4) is 0 Å². The van der Waals surface area contributed by atoms with Gasteiger partial charge >= 0.3 is 0 Å². The summed E-state index contributed by atoms with van der Waals surface area (Å²) in [5.74, 6) is 1.25. The van der Waals surface area contributed by atoms with Gasteiger partial charge in [0.15, 0.2) is 0 Å². The van der Waals surface area contributed by atoms with Crippen LogP contribution in [-0.4, -0.2) is 46.7 Å². The Balaban J connectivity index is 1.37. The highest BCUT2D eigenvalue weighted by molar-refractivity contribution is 7.09. The largest absolute Gasteiger partial charge is 0.375 e. The quantitative estimate of drug-likeness (QED) is 0.913. The van der Waals surface area contributed by atoms with Gasteiger partial charge in [0, 0.05) is 48.9 Å². The minimum Gasteiger partial charge on any atom is -0.375 e. The Labute approximate surface area is 140 Å². The predicted octanol–water partition coefficient (Wildman–Crippen LogP) is 2.63. The Bertz CT molecular complexity index is 606. The van der Waals surface area contributed by atoms with Gasteiger partial charge in [-0.3, -0.25) is 4.90 Å². The van der Waals surface area contributed by atoms with Crippen molar-refractivity contribution in [2.24, 2.45) is 5.92 Å². The van der Waals surface area contributed by atoms with Crippen LogP contribution in [0.25, 0.3) is 0 Å². The minimum absolute atomic E-state index is 0.333. The maximum absolute atomic E-state index is 6.13. The van der Waals surface area contributed by atoms with E-state index in [9.17, 15) is 0 Å². The Kier molecular flexibility index (Phi) is 4.55.